The second-order valence-electron chi connectivity index (χ2n) is 4.20. The zero-order valence-corrected chi connectivity index (χ0v) is 9.98. The van der Waals surface area contributed by atoms with Crippen molar-refractivity contribution in [2.45, 2.75) is 18.9 Å². The van der Waals surface area contributed by atoms with Crippen LogP contribution in [0.25, 0.3) is 0 Å². The van der Waals surface area contributed by atoms with Crippen molar-refractivity contribution in [2.75, 3.05) is 0 Å². The summed E-state index contributed by atoms with van der Waals surface area (Å²) in [6, 6.07) is 4.93. The first kappa shape index (κ1) is 12.7. The van der Waals surface area contributed by atoms with E-state index >= 15 is 0 Å². The van der Waals surface area contributed by atoms with Gasteiger partial charge >= 0.3 is 0 Å². The van der Waals surface area contributed by atoms with Crippen molar-refractivity contribution in [2.24, 2.45) is 7.05 Å². The maximum atomic E-state index is 13.0. The highest BCUT2D eigenvalue weighted by Gasteiger charge is 2.11. The molecule has 0 aliphatic heterocycles. The van der Waals surface area contributed by atoms with Crippen LogP contribution in [0.1, 0.15) is 23.8 Å². The second kappa shape index (κ2) is 5.27. The van der Waals surface area contributed by atoms with Crippen LogP contribution in [-0.2, 0) is 13.5 Å². The van der Waals surface area contributed by atoms with E-state index in [0.29, 0.717) is 12.8 Å². The van der Waals surface area contributed by atoms with Gasteiger partial charge in [0.25, 0.3) is 0 Å². The third-order valence-electron chi connectivity index (χ3n) is 2.87. The molecule has 2 rings (SSSR count). The zero-order chi connectivity index (χ0) is 13.1. The molecule has 0 aliphatic carbocycles. The molecular formula is C13H14F2N2O. The molecule has 96 valence electrons. The van der Waals surface area contributed by atoms with Crippen molar-refractivity contribution < 1.29 is 13.9 Å². The highest BCUT2D eigenvalue weighted by molar-refractivity contribution is 5.20. The van der Waals surface area contributed by atoms with Gasteiger partial charge in [0, 0.05) is 25.0 Å². The molecule has 0 aliphatic rings. The summed E-state index contributed by atoms with van der Waals surface area (Å²) in [6.07, 6.45) is 1.77. The fourth-order valence-corrected chi connectivity index (χ4v) is 1.87. The molecule has 0 amide bonds. The first-order chi connectivity index (χ1) is 8.56. The van der Waals surface area contributed by atoms with Gasteiger partial charge in [0.2, 0.25) is 0 Å². The van der Waals surface area contributed by atoms with Gasteiger partial charge in [-0.2, -0.15) is 5.10 Å². The van der Waals surface area contributed by atoms with E-state index < -0.39 is 17.7 Å². The Balaban J connectivity index is 2.03. The third-order valence-corrected chi connectivity index (χ3v) is 2.87. The largest absolute Gasteiger partial charge is 0.388 e. The molecule has 1 N–H and O–H groups in total. The normalized spacial score (nSPS) is 12.7. The van der Waals surface area contributed by atoms with Gasteiger partial charge in [-0.25, -0.2) is 8.78 Å². The quantitative estimate of drug-likeness (QED) is 0.907. The predicted molar refractivity (Wildman–Crippen MR) is 62.8 cm³/mol. The van der Waals surface area contributed by atoms with E-state index in [-0.39, 0.29) is 5.56 Å². The molecule has 0 saturated carbocycles. The van der Waals surface area contributed by atoms with Gasteiger partial charge in [-0.05, 0) is 36.6 Å². The summed E-state index contributed by atoms with van der Waals surface area (Å²) in [5.74, 6) is -1.35. The maximum Gasteiger partial charge on any atom is 0.126 e. The van der Waals surface area contributed by atoms with E-state index in [4.69, 9.17) is 0 Å². The molecule has 0 spiro atoms. The van der Waals surface area contributed by atoms with Crippen LogP contribution in [0.5, 0.6) is 0 Å². The molecule has 1 unspecified atom stereocenters. The monoisotopic (exact) mass is 252 g/mol. The van der Waals surface area contributed by atoms with Crippen LogP contribution in [0.15, 0.2) is 30.5 Å². The van der Waals surface area contributed by atoms with Crippen molar-refractivity contribution >= 4 is 0 Å². The number of aliphatic hydroxyl groups is 1. The van der Waals surface area contributed by atoms with E-state index in [1.54, 1.807) is 10.9 Å². The van der Waals surface area contributed by atoms with E-state index in [1.165, 1.54) is 0 Å². The number of hydrogen-bond donors (Lipinski definition) is 1. The SMILES string of the molecule is Cn1nccc1CCC(O)c1cc(F)cc(F)c1. The summed E-state index contributed by atoms with van der Waals surface area (Å²) in [4.78, 5) is 0. The van der Waals surface area contributed by atoms with Crippen LogP contribution in [0, 0.1) is 11.6 Å². The van der Waals surface area contributed by atoms with Gasteiger partial charge in [-0.3, -0.25) is 4.68 Å². The highest BCUT2D eigenvalue weighted by atomic mass is 19.1. The predicted octanol–water partition coefficient (Wildman–Crippen LogP) is 2.36. The molecule has 1 atom stereocenters. The van der Waals surface area contributed by atoms with Crippen LogP contribution in [-0.4, -0.2) is 14.9 Å². The number of aliphatic hydroxyl groups excluding tert-OH is 1. The van der Waals surface area contributed by atoms with Gasteiger partial charge in [0.15, 0.2) is 0 Å². The Labute approximate surface area is 104 Å². The second-order valence-corrected chi connectivity index (χ2v) is 4.20. The Hall–Kier alpha value is -1.75. The molecule has 0 bridgehead atoms. The van der Waals surface area contributed by atoms with E-state index in [2.05, 4.69) is 5.10 Å². The lowest BCUT2D eigenvalue weighted by Crippen LogP contribution is -2.04. The summed E-state index contributed by atoms with van der Waals surface area (Å²) < 4.78 is 27.7. The molecule has 1 heterocycles. The highest BCUT2D eigenvalue weighted by Crippen LogP contribution is 2.20. The van der Waals surface area contributed by atoms with Crippen molar-refractivity contribution in [1.29, 1.82) is 0 Å². The fraction of sp³-hybridized carbons (Fsp3) is 0.308. The number of aromatic nitrogens is 2. The summed E-state index contributed by atoms with van der Waals surface area (Å²) >= 11 is 0. The van der Waals surface area contributed by atoms with Crippen molar-refractivity contribution in [1.82, 2.24) is 9.78 Å². The lowest BCUT2D eigenvalue weighted by atomic mass is 10.0. The molecule has 0 fully saturated rings. The number of nitrogens with zero attached hydrogens (tertiary/aromatic N) is 2. The van der Waals surface area contributed by atoms with Gasteiger partial charge in [-0.15, -0.1) is 0 Å². The van der Waals surface area contributed by atoms with Crippen LogP contribution in [0.2, 0.25) is 0 Å². The van der Waals surface area contributed by atoms with E-state index in [0.717, 1.165) is 23.9 Å². The van der Waals surface area contributed by atoms with Crippen molar-refractivity contribution in [3.63, 3.8) is 0 Å². The summed E-state index contributed by atoms with van der Waals surface area (Å²) in [5.41, 5.74) is 1.22. The third kappa shape index (κ3) is 2.92. The molecule has 0 radical (unpaired) electrons. The molecule has 2 aromatic rings. The van der Waals surface area contributed by atoms with Crippen LogP contribution < -0.4 is 0 Å². The Bertz CT molecular complexity index is 519. The topological polar surface area (TPSA) is 38.0 Å². The molecule has 5 heteroatoms. The minimum atomic E-state index is -0.884. The number of hydrogen-bond acceptors (Lipinski definition) is 2. The maximum absolute atomic E-state index is 13.0. The Morgan fingerprint density at radius 3 is 2.50 bits per heavy atom. The summed E-state index contributed by atoms with van der Waals surface area (Å²) in [5, 5.41) is 13.9. The Kier molecular flexibility index (Phi) is 3.72. The molecular weight excluding hydrogens is 238 g/mol. The first-order valence-electron chi connectivity index (χ1n) is 5.67. The first-order valence-corrected chi connectivity index (χ1v) is 5.67. The van der Waals surface area contributed by atoms with E-state index in [9.17, 15) is 13.9 Å². The number of halogens is 2. The van der Waals surface area contributed by atoms with Gasteiger partial charge in [0.05, 0.1) is 6.10 Å². The molecule has 1 aromatic heterocycles. The number of rotatable bonds is 4. The lowest BCUT2D eigenvalue weighted by molar-refractivity contribution is 0.166. The van der Waals surface area contributed by atoms with Crippen LogP contribution in [0.3, 0.4) is 0 Å². The minimum Gasteiger partial charge on any atom is -0.388 e. The van der Waals surface area contributed by atoms with Crippen LogP contribution >= 0.6 is 0 Å². The van der Waals surface area contributed by atoms with Gasteiger partial charge in [0.1, 0.15) is 11.6 Å². The molecule has 3 nitrogen and oxygen atoms in total. The smallest absolute Gasteiger partial charge is 0.126 e. The summed E-state index contributed by atoms with van der Waals surface area (Å²) in [7, 11) is 1.81. The average Bonchev–Trinajstić information content (AvgIpc) is 2.70. The molecule has 1 aromatic carbocycles. The number of aryl methyl sites for hydroxylation is 2. The van der Waals surface area contributed by atoms with Gasteiger partial charge in [-0.1, -0.05) is 0 Å². The van der Waals surface area contributed by atoms with E-state index in [1.807, 2.05) is 13.1 Å². The standard InChI is InChI=1S/C13H14F2N2O/c1-17-12(4-5-16-17)2-3-13(18)9-6-10(14)8-11(15)7-9/h4-8,13,18H,2-3H2,1H3. The Morgan fingerprint density at radius 2 is 1.94 bits per heavy atom. The number of benzene rings is 1. The average molecular weight is 252 g/mol. The van der Waals surface area contributed by atoms with Gasteiger partial charge < -0.3 is 5.11 Å². The Morgan fingerprint density at radius 1 is 1.28 bits per heavy atom. The molecule has 18 heavy (non-hydrogen) atoms. The minimum absolute atomic E-state index is 0.259. The zero-order valence-electron chi connectivity index (χ0n) is 9.98. The van der Waals surface area contributed by atoms with Crippen molar-refractivity contribution in [3.8, 4) is 0 Å². The lowest BCUT2D eigenvalue weighted by Gasteiger charge is -2.11. The molecule has 0 saturated heterocycles. The van der Waals surface area contributed by atoms with Crippen LogP contribution in [0.4, 0.5) is 8.78 Å². The van der Waals surface area contributed by atoms with Crippen molar-refractivity contribution in [3.05, 3.63) is 53.4 Å². The summed E-state index contributed by atoms with van der Waals surface area (Å²) in [6.45, 7) is 0. The fourth-order valence-electron chi connectivity index (χ4n) is 1.87.